The van der Waals surface area contributed by atoms with Crippen LogP contribution in [0.1, 0.15) is 34.6 Å². The average Bonchev–Trinajstić information content (AvgIpc) is 3.45. The third-order valence-corrected chi connectivity index (χ3v) is 8.31. The quantitative estimate of drug-likeness (QED) is 0.367. The Labute approximate surface area is 200 Å². The van der Waals surface area contributed by atoms with Gasteiger partial charge >= 0.3 is 0 Å². The van der Waals surface area contributed by atoms with Crippen molar-refractivity contribution in [2.75, 3.05) is 31.1 Å². The molecule has 6 N–H and O–H groups in total. The number of fused-ring (bicyclic) bond motifs is 1. The number of nitrogens with zero attached hydrogens (tertiary/aromatic N) is 6. The zero-order valence-corrected chi connectivity index (χ0v) is 19.9. The Kier molecular flexibility index (Phi) is 5.32. The van der Waals surface area contributed by atoms with Gasteiger partial charge in [-0.1, -0.05) is 6.07 Å². The number of amides is 1. The van der Waals surface area contributed by atoms with Crippen molar-refractivity contribution in [3.05, 3.63) is 29.1 Å². The SMILES string of the molecule is Cc1nc(C(=O)NC2=NCC3(CCN(S(=O)(=O)c4ccc(C)c5nonc45)CC3)N2)c(N)nc1N. The van der Waals surface area contributed by atoms with E-state index < -0.39 is 21.5 Å². The van der Waals surface area contributed by atoms with E-state index in [1.165, 1.54) is 10.4 Å². The predicted octanol–water partition coefficient (Wildman–Crippen LogP) is -0.293. The summed E-state index contributed by atoms with van der Waals surface area (Å²) in [5.74, 6) is -0.214. The molecule has 0 aliphatic carbocycles. The third-order valence-electron chi connectivity index (χ3n) is 6.38. The van der Waals surface area contributed by atoms with E-state index in [4.69, 9.17) is 16.1 Å². The molecule has 2 aromatic heterocycles. The smallest absolute Gasteiger partial charge is 0.280 e. The van der Waals surface area contributed by atoms with Gasteiger partial charge in [0.25, 0.3) is 5.91 Å². The van der Waals surface area contributed by atoms with Gasteiger partial charge in [-0.2, -0.15) is 4.31 Å². The van der Waals surface area contributed by atoms with E-state index in [2.05, 4.69) is 35.9 Å². The first-order valence-electron chi connectivity index (χ1n) is 10.9. The molecule has 2 aliphatic heterocycles. The van der Waals surface area contributed by atoms with Crippen LogP contribution in [0.2, 0.25) is 0 Å². The molecule has 1 fully saturated rings. The van der Waals surface area contributed by atoms with Crippen LogP contribution < -0.4 is 22.1 Å². The first kappa shape index (κ1) is 22.9. The van der Waals surface area contributed by atoms with E-state index in [-0.39, 0.29) is 46.8 Å². The number of nitrogen functional groups attached to an aromatic ring is 2. The number of nitrogens with one attached hydrogen (secondary N) is 2. The molecule has 0 unspecified atom stereocenters. The van der Waals surface area contributed by atoms with Crippen molar-refractivity contribution in [2.45, 2.75) is 37.1 Å². The maximum Gasteiger partial charge on any atom is 0.280 e. The Morgan fingerprint density at radius 1 is 1.11 bits per heavy atom. The maximum absolute atomic E-state index is 13.3. The number of rotatable bonds is 3. The number of benzene rings is 1. The summed E-state index contributed by atoms with van der Waals surface area (Å²) in [5, 5.41) is 13.5. The highest BCUT2D eigenvalue weighted by Gasteiger charge is 2.42. The molecule has 0 radical (unpaired) electrons. The van der Waals surface area contributed by atoms with E-state index >= 15 is 0 Å². The largest absolute Gasteiger partial charge is 0.382 e. The highest BCUT2D eigenvalue weighted by Crippen LogP contribution is 2.31. The number of guanidine groups is 1. The summed E-state index contributed by atoms with van der Waals surface area (Å²) < 4.78 is 32.9. The number of aryl methyl sites for hydroxylation is 2. The minimum Gasteiger partial charge on any atom is -0.382 e. The number of sulfonamides is 1. The molecular weight excluding hydrogens is 476 g/mol. The summed E-state index contributed by atoms with van der Waals surface area (Å²) in [6.07, 6.45) is 0.980. The first-order valence-corrected chi connectivity index (χ1v) is 12.3. The summed E-state index contributed by atoms with van der Waals surface area (Å²) in [5.41, 5.74) is 12.8. The minimum absolute atomic E-state index is 0.0465. The highest BCUT2D eigenvalue weighted by molar-refractivity contribution is 7.89. The number of hydrogen-bond donors (Lipinski definition) is 4. The van der Waals surface area contributed by atoms with Gasteiger partial charge in [0.05, 0.1) is 17.8 Å². The fourth-order valence-electron chi connectivity index (χ4n) is 4.26. The second-order valence-electron chi connectivity index (χ2n) is 8.70. The molecule has 14 nitrogen and oxygen atoms in total. The first-order chi connectivity index (χ1) is 16.6. The van der Waals surface area contributed by atoms with Crippen molar-refractivity contribution in [1.82, 2.24) is 35.2 Å². The number of nitrogens with two attached hydrogens (primary N) is 2. The molecule has 35 heavy (non-hydrogen) atoms. The van der Waals surface area contributed by atoms with E-state index in [1.54, 1.807) is 13.0 Å². The standard InChI is InChI=1S/C20H24N10O4S/c1-10-3-4-12(14-13(10)28-34-29-14)35(32,33)30-7-5-20(6-8-30)9-23-19(27-20)26-18(31)15-17(22)25-16(21)11(2)24-15/h3-4H,5-9H2,1-2H3,(H4,21,22,25)(H2,23,26,27,31). The summed E-state index contributed by atoms with van der Waals surface area (Å²) in [7, 11) is -3.81. The summed E-state index contributed by atoms with van der Waals surface area (Å²) in [6, 6.07) is 3.21. The number of anilines is 2. The van der Waals surface area contributed by atoms with Gasteiger partial charge in [0, 0.05) is 13.1 Å². The molecule has 1 amide bonds. The Balaban J connectivity index is 1.25. The topological polar surface area (TPSA) is 208 Å². The Bertz CT molecular complexity index is 1470. The lowest BCUT2D eigenvalue weighted by atomic mass is 9.89. The molecule has 4 heterocycles. The normalized spacial score (nSPS) is 17.9. The maximum atomic E-state index is 13.3. The van der Waals surface area contributed by atoms with E-state index in [0.717, 1.165) is 5.56 Å². The molecule has 1 spiro atoms. The van der Waals surface area contributed by atoms with Crippen LogP contribution in [-0.2, 0) is 10.0 Å². The molecule has 1 aromatic carbocycles. The third kappa shape index (κ3) is 3.91. The number of piperidine rings is 1. The average molecular weight is 501 g/mol. The molecule has 184 valence electrons. The molecule has 0 saturated carbocycles. The molecular formula is C20H24N10O4S. The van der Waals surface area contributed by atoms with Crippen molar-refractivity contribution in [3.8, 4) is 0 Å². The number of aliphatic imine (C=N–C) groups is 1. The second-order valence-corrected chi connectivity index (χ2v) is 10.6. The lowest BCUT2D eigenvalue weighted by molar-refractivity contribution is 0.0971. The van der Waals surface area contributed by atoms with Crippen LogP contribution in [-0.4, -0.2) is 70.0 Å². The van der Waals surface area contributed by atoms with Crippen LogP contribution in [0.15, 0.2) is 26.6 Å². The summed E-state index contributed by atoms with van der Waals surface area (Å²) >= 11 is 0. The van der Waals surface area contributed by atoms with E-state index in [0.29, 0.717) is 30.6 Å². The van der Waals surface area contributed by atoms with Gasteiger partial charge < -0.3 is 16.8 Å². The molecule has 15 heteroatoms. The summed E-state index contributed by atoms with van der Waals surface area (Å²) in [4.78, 5) is 25.1. The fourth-order valence-corrected chi connectivity index (χ4v) is 5.82. The van der Waals surface area contributed by atoms with Gasteiger partial charge in [0.15, 0.2) is 23.0 Å². The lowest BCUT2D eigenvalue weighted by Crippen LogP contribution is -2.56. The second kappa shape index (κ2) is 8.13. The predicted molar refractivity (Wildman–Crippen MR) is 126 cm³/mol. The van der Waals surface area contributed by atoms with Crippen LogP contribution in [0.5, 0.6) is 0 Å². The molecule has 0 bridgehead atoms. The van der Waals surface area contributed by atoms with Crippen LogP contribution in [0, 0.1) is 13.8 Å². The number of hydrogen-bond acceptors (Lipinski definition) is 12. The Hall–Kier alpha value is -3.85. The van der Waals surface area contributed by atoms with E-state index in [1.807, 2.05) is 6.92 Å². The van der Waals surface area contributed by atoms with Gasteiger partial charge in [-0.25, -0.2) is 23.0 Å². The van der Waals surface area contributed by atoms with Crippen molar-refractivity contribution in [3.63, 3.8) is 0 Å². The van der Waals surface area contributed by atoms with Crippen LogP contribution in [0.25, 0.3) is 11.0 Å². The van der Waals surface area contributed by atoms with Crippen LogP contribution in [0.3, 0.4) is 0 Å². The van der Waals surface area contributed by atoms with Gasteiger partial charge in [-0.05, 0) is 48.6 Å². The van der Waals surface area contributed by atoms with Gasteiger partial charge in [-0.15, -0.1) is 0 Å². The van der Waals surface area contributed by atoms with E-state index in [9.17, 15) is 13.2 Å². The van der Waals surface area contributed by atoms with Crippen LogP contribution >= 0.6 is 0 Å². The van der Waals surface area contributed by atoms with Crippen molar-refractivity contribution >= 4 is 44.6 Å². The highest BCUT2D eigenvalue weighted by atomic mass is 32.2. The minimum atomic E-state index is -3.81. The monoisotopic (exact) mass is 500 g/mol. The fraction of sp³-hybridized carbons (Fsp3) is 0.400. The van der Waals surface area contributed by atoms with Gasteiger partial charge in [0.1, 0.15) is 16.2 Å². The molecule has 2 aliphatic rings. The van der Waals surface area contributed by atoms with Crippen LogP contribution in [0.4, 0.5) is 11.6 Å². The van der Waals surface area contributed by atoms with Crippen molar-refractivity contribution in [1.29, 1.82) is 0 Å². The van der Waals surface area contributed by atoms with Gasteiger partial charge in [-0.3, -0.25) is 15.1 Å². The molecule has 5 rings (SSSR count). The zero-order valence-electron chi connectivity index (χ0n) is 19.1. The number of carbonyl (C=O) groups is 1. The molecule has 3 aromatic rings. The van der Waals surface area contributed by atoms with Crippen molar-refractivity contribution in [2.24, 2.45) is 4.99 Å². The summed E-state index contributed by atoms with van der Waals surface area (Å²) in [6.45, 7) is 4.36. The molecule has 0 atom stereocenters. The number of aromatic nitrogens is 4. The lowest BCUT2D eigenvalue weighted by Gasteiger charge is -2.38. The van der Waals surface area contributed by atoms with Crippen molar-refractivity contribution < 1.29 is 17.8 Å². The Morgan fingerprint density at radius 2 is 1.83 bits per heavy atom. The van der Waals surface area contributed by atoms with Gasteiger partial charge in [0.2, 0.25) is 10.0 Å². The zero-order chi connectivity index (χ0) is 25.0. The Morgan fingerprint density at radius 3 is 2.57 bits per heavy atom. The number of carbonyl (C=O) groups excluding carboxylic acids is 1. The molecule has 1 saturated heterocycles.